The second kappa shape index (κ2) is 8.72. The van der Waals surface area contributed by atoms with Crippen LogP contribution < -0.4 is 14.8 Å². The van der Waals surface area contributed by atoms with Crippen molar-refractivity contribution in [1.29, 1.82) is 0 Å². The minimum atomic E-state index is 0.161. The van der Waals surface area contributed by atoms with Crippen LogP contribution in [0.2, 0.25) is 5.02 Å². The van der Waals surface area contributed by atoms with Gasteiger partial charge in [-0.15, -0.1) is 0 Å². The normalized spacial score (nSPS) is 20.7. The van der Waals surface area contributed by atoms with E-state index in [1.54, 1.807) is 7.11 Å². The highest BCUT2D eigenvalue weighted by molar-refractivity contribution is 7.98. The highest BCUT2D eigenvalue weighted by Crippen LogP contribution is 2.45. The van der Waals surface area contributed by atoms with Crippen LogP contribution in [0.25, 0.3) is 0 Å². The lowest BCUT2D eigenvalue weighted by molar-refractivity contribution is 0.302. The molecule has 0 radical (unpaired) electrons. The molecule has 26 heavy (non-hydrogen) atoms. The molecular weight excluding hydrogens is 364 g/mol. The number of hydrogen-bond acceptors (Lipinski definition) is 4. The van der Waals surface area contributed by atoms with E-state index in [-0.39, 0.29) is 10.8 Å². The molecule has 1 saturated heterocycles. The van der Waals surface area contributed by atoms with Crippen LogP contribution in [0.5, 0.6) is 5.75 Å². The summed E-state index contributed by atoms with van der Waals surface area (Å²) in [6.07, 6.45) is 6.16. The summed E-state index contributed by atoms with van der Waals surface area (Å²) < 4.78 is 9.78. The van der Waals surface area contributed by atoms with Gasteiger partial charge in [0.05, 0.1) is 7.11 Å². The Morgan fingerprint density at radius 2 is 1.88 bits per heavy atom. The Balaban J connectivity index is 1.91. The first-order chi connectivity index (χ1) is 12.4. The van der Waals surface area contributed by atoms with E-state index < -0.39 is 0 Å². The molecular formula is C21H33ClN2OS. The number of benzene rings is 1. The molecule has 1 heterocycles. The van der Waals surface area contributed by atoms with Crippen molar-refractivity contribution in [2.24, 2.45) is 5.92 Å². The Morgan fingerprint density at radius 3 is 2.42 bits per heavy atom. The average molecular weight is 397 g/mol. The van der Waals surface area contributed by atoms with Crippen LogP contribution in [-0.2, 0) is 0 Å². The fourth-order valence-corrected chi connectivity index (χ4v) is 4.99. The van der Waals surface area contributed by atoms with Crippen LogP contribution in [0.4, 0.5) is 0 Å². The van der Waals surface area contributed by atoms with Gasteiger partial charge in [0, 0.05) is 21.4 Å². The number of methoxy groups -OCH3 is 1. The highest BCUT2D eigenvalue weighted by Gasteiger charge is 2.31. The zero-order chi connectivity index (χ0) is 18.7. The minimum Gasteiger partial charge on any atom is -0.496 e. The molecule has 0 aromatic heterocycles. The van der Waals surface area contributed by atoms with Gasteiger partial charge in [0.2, 0.25) is 0 Å². The molecule has 1 aliphatic carbocycles. The van der Waals surface area contributed by atoms with Crippen molar-refractivity contribution in [1.82, 2.24) is 10.0 Å². The molecule has 1 aromatic rings. The lowest BCUT2D eigenvalue weighted by Gasteiger charge is -2.35. The van der Waals surface area contributed by atoms with E-state index in [1.807, 2.05) is 11.9 Å². The molecule has 3 rings (SSSR count). The zero-order valence-corrected chi connectivity index (χ0v) is 18.1. The van der Waals surface area contributed by atoms with Gasteiger partial charge in [-0.25, -0.2) is 0 Å². The van der Waals surface area contributed by atoms with Crippen molar-refractivity contribution >= 4 is 23.5 Å². The van der Waals surface area contributed by atoms with Gasteiger partial charge in [0.25, 0.3) is 0 Å². The molecule has 2 fully saturated rings. The van der Waals surface area contributed by atoms with E-state index in [4.69, 9.17) is 16.3 Å². The standard InChI is InChI=1S/C21H33ClN2OS/c1-21(2,3)26-24-20(15-8-10-23-11-9-15)17-12-18(22)16(13-19(17)25-4)14-6-5-7-14/h12-15,20,23-24H,5-11H2,1-4H3. The van der Waals surface area contributed by atoms with Crippen molar-refractivity contribution in [3.8, 4) is 5.75 Å². The number of halogens is 1. The van der Waals surface area contributed by atoms with Crippen LogP contribution in [-0.4, -0.2) is 24.9 Å². The first-order valence-corrected chi connectivity index (χ1v) is 11.1. The molecule has 146 valence electrons. The Kier molecular flexibility index (Phi) is 6.82. The van der Waals surface area contributed by atoms with Gasteiger partial charge in [-0.2, -0.15) is 0 Å². The van der Waals surface area contributed by atoms with Gasteiger partial charge >= 0.3 is 0 Å². The summed E-state index contributed by atoms with van der Waals surface area (Å²) in [7, 11) is 1.79. The third-order valence-corrected chi connectivity index (χ3v) is 6.89. The summed E-state index contributed by atoms with van der Waals surface area (Å²) in [6, 6.07) is 4.64. The summed E-state index contributed by atoms with van der Waals surface area (Å²) in [5, 5.41) is 4.39. The van der Waals surface area contributed by atoms with Crippen LogP contribution in [0.15, 0.2) is 12.1 Å². The fourth-order valence-electron chi connectivity index (χ4n) is 3.87. The molecule has 0 bridgehead atoms. The first kappa shape index (κ1) is 20.3. The molecule has 1 aromatic carbocycles. The quantitative estimate of drug-likeness (QED) is 0.605. The van der Waals surface area contributed by atoms with Crippen LogP contribution in [0.1, 0.15) is 76.0 Å². The largest absolute Gasteiger partial charge is 0.496 e. The van der Waals surface area contributed by atoms with Crippen molar-refractivity contribution in [2.45, 2.75) is 69.6 Å². The average Bonchev–Trinajstić information content (AvgIpc) is 2.55. The molecule has 1 aliphatic heterocycles. The molecule has 1 atom stereocenters. The van der Waals surface area contributed by atoms with Gasteiger partial charge in [-0.3, -0.25) is 4.72 Å². The molecule has 3 nitrogen and oxygen atoms in total. The highest BCUT2D eigenvalue weighted by atomic mass is 35.5. The second-order valence-electron chi connectivity index (χ2n) is 8.64. The molecule has 5 heteroatoms. The second-order valence-corrected chi connectivity index (χ2v) is 10.7. The smallest absolute Gasteiger partial charge is 0.124 e. The fraction of sp³-hybridized carbons (Fsp3) is 0.714. The first-order valence-electron chi connectivity index (χ1n) is 9.90. The molecule has 2 aliphatic rings. The maximum Gasteiger partial charge on any atom is 0.124 e. The Hall–Kier alpha value is -0.420. The van der Waals surface area contributed by atoms with Gasteiger partial charge in [-0.1, -0.05) is 30.0 Å². The number of piperidine rings is 1. The summed E-state index contributed by atoms with van der Waals surface area (Å²) in [5.41, 5.74) is 2.48. The minimum absolute atomic E-state index is 0.161. The van der Waals surface area contributed by atoms with Crippen LogP contribution in [0.3, 0.4) is 0 Å². The van der Waals surface area contributed by atoms with Gasteiger partial charge in [0.1, 0.15) is 5.75 Å². The van der Waals surface area contributed by atoms with Crippen molar-refractivity contribution in [3.05, 3.63) is 28.3 Å². The van der Waals surface area contributed by atoms with Crippen LogP contribution >= 0.6 is 23.5 Å². The summed E-state index contributed by atoms with van der Waals surface area (Å²) >= 11 is 8.55. The van der Waals surface area contributed by atoms with E-state index in [2.05, 4.69) is 42.9 Å². The predicted molar refractivity (Wildman–Crippen MR) is 113 cm³/mol. The summed E-state index contributed by atoms with van der Waals surface area (Å²) in [5.74, 6) is 2.19. The molecule has 1 unspecified atom stereocenters. The molecule has 2 N–H and O–H groups in total. The maximum atomic E-state index is 6.74. The molecule has 1 saturated carbocycles. The SMILES string of the molecule is COc1cc(C2CCC2)c(Cl)cc1C(NSC(C)(C)C)C1CCNCC1. The number of ether oxygens (including phenoxy) is 1. The van der Waals surface area contributed by atoms with E-state index in [0.717, 1.165) is 23.9 Å². The van der Waals surface area contributed by atoms with Crippen molar-refractivity contribution in [2.75, 3.05) is 20.2 Å². The number of nitrogens with one attached hydrogen (secondary N) is 2. The van der Waals surface area contributed by atoms with Gasteiger partial charge in [-0.05, 0) is 89.1 Å². The molecule has 0 spiro atoms. The van der Waals surface area contributed by atoms with Crippen LogP contribution in [0, 0.1) is 5.92 Å². The topological polar surface area (TPSA) is 33.3 Å². The van der Waals surface area contributed by atoms with E-state index >= 15 is 0 Å². The number of rotatable bonds is 6. The predicted octanol–water partition coefficient (Wildman–Crippen LogP) is 5.69. The lowest BCUT2D eigenvalue weighted by Crippen LogP contribution is -2.35. The Morgan fingerprint density at radius 1 is 1.19 bits per heavy atom. The van der Waals surface area contributed by atoms with Gasteiger partial charge < -0.3 is 10.1 Å². The Bertz CT molecular complexity index is 607. The third kappa shape index (κ3) is 4.89. The zero-order valence-electron chi connectivity index (χ0n) is 16.5. The lowest BCUT2D eigenvalue weighted by atomic mass is 9.78. The van der Waals surface area contributed by atoms with E-state index in [9.17, 15) is 0 Å². The molecule has 0 amide bonds. The third-order valence-electron chi connectivity index (χ3n) is 5.58. The monoisotopic (exact) mass is 396 g/mol. The summed E-state index contributed by atoms with van der Waals surface area (Å²) in [6.45, 7) is 8.90. The Labute approximate surface area is 168 Å². The maximum absolute atomic E-state index is 6.74. The van der Waals surface area contributed by atoms with E-state index in [0.29, 0.717) is 11.8 Å². The van der Waals surface area contributed by atoms with Gasteiger partial charge in [0.15, 0.2) is 0 Å². The number of hydrogen-bond donors (Lipinski definition) is 2. The van der Waals surface area contributed by atoms with E-state index in [1.165, 1.54) is 43.2 Å². The van der Waals surface area contributed by atoms with Crippen molar-refractivity contribution in [3.63, 3.8) is 0 Å². The summed E-state index contributed by atoms with van der Waals surface area (Å²) in [4.78, 5) is 0. The van der Waals surface area contributed by atoms with Crippen molar-refractivity contribution < 1.29 is 4.74 Å².